The first-order chi connectivity index (χ1) is 14.6. The zero-order chi connectivity index (χ0) is 20.9. The first kappa shape index (κ1) is 19.6. The molecule has 4 rings (SSSR count). The van der Waals surface area contributed by atoms with Crippen LogP contribution in [-0.4, -0.2) is 26.5 Å². The maximum absolute atomic E-state index is 12.2. The van der Waals surface area contributed by atoms with Crippen LogP contribution >= 0.6 is 0 Å². The first-order valence-corrected chi connectivity index (χ1v) is 9.83. The second kappa shape index (κ2) is 8.73. The molecule has 30 heavy (non-hydrogen) atoms. The van der Waals surface area contributed by atoms with Crippen molar-refractivity contribution in [3.05, 3.63) is 82.5 Å². The van der Waals surface area contributed by atoms with Crippen molar-refractivity contribution in [3.8, 4) is 28.4 Å². The van der Waals surface area contributed by atoms with Crippen molar-refractivity contribution in [1.82, 2.24) is 19.9 Å². The fourth-order valence-corrected chi connectivity index (χ4v) is 3.03. The zero-order valence-corrected chi connectivity index (χ0v) is 16.9. The van der Waals surface area contributed by atoms with Crippen molar-refractivity contribution in [2.75, 3.05) is 6.61 Å². The summed E-state index contributed by atoms with van der Waals surface area (Å²) in [7, 11) is 0. The summed E-state index contributed by atoms with van der Waals surface area (Å²) in [6.07, 6.45) is 0.415. The van der Waals surface area contributed by atoms with Gasteiger partial charge in [-0.2, -0.15) is 10.1 Å². The van der Waals surface area contributed by atoms with Crippen LogP contribution in [0.5, 0.6) is 5.75 Å². The Hall–Kier alpha value is -3.74. The molecular weight excluding hydrogens is 380 g/mol. The lowest BCUT2D eigenvalue weighted by molar-refractivity contribution is 0.340. The number of benzene rings is 2. The summed E-state index contributed by atoms with van der Waals surface area (Å²) in [5.41, 5.74) is 3.50. The molecule has 0 spiro atoms. The largest absolute Gasteiger partial charge is 0.494 e. The monoisotopic (exact) mass is 402 g/mol. The molecule has 2 aromatic heterocycles. The highest BCUT2D eigenvalue weighted by atomic mass is 16.5. The molecule has 0 aliphatic carbocycles. The Balaban J connectivity index is 1.48. The van der Waals surface area contributed by atoms with Crippen LogP contribution < -0.4 is 10.3 Å². The van der Waals surface area contributed by atoms with E-state index in [2.05, 4.69) is 15.2 Å². The first-order valence-electron chi connectivity index (χ1n) is 9.83. The van der Waals surface area contributed by atoms with Gasteiger partial charge in [-0.05, 0) is 44.2 Å². The second-order valence-corrected chi connectivity index (χ2v) is 6.87. The molecule has 0 atom stereocenters. The summed E-state index contributed by atoms with van der Waals surface area (Å²) in [5.74, 6) is 1.80. The minimum atomic E-state index is -0.178. The minimum absolute atomic E-state index is 0.178. The molecule has 0 saturated carbocycles. The topological polar surface area (TPSA) is 83.0 Å². The van der Waals surface area contributed by atoms with Crippen LogP contribution in [0, 0.1) is 6.92 Å². The molecule has 152 valence electrons. The second-order valence-electron chi connectivity index (χ2n) is 6.87. The van der Waals surface area contributed by atoms with Crippen LogP contribution in [0.4, 0.5) is 0 Å². The molecule has 4 aromatic rings. The smallest absolute Gasteiger partial charge is 0.266 e. The Labute approximate surface area is 174 Å². The number of aryl methyl sites for hydroxylation is 3. The van der Waals surface area contributed by atoms with Gasteiger partial charge in [0.05, 0.1) is 18.8 Å². The van der Waals surface area contributed by atoms with E-state index in [-0.39, 0.29) is 5.56 Å². The highest BCUT2D eigenvalue weighted by Crippen LogP contribution is 2.20. The van der Waals surface area contributed by atoms with E-state index < -0.39 is 0 Å². The Kier molecular flexibility index (Phi) is 5.70. The van der Waals surface area contributed by atoms with E-state index >= 15 is 0 Å². The average molecular weight is 402 g/mol. The van der Waals surface area contributed by atoms with Crippen molar-refractivity contribution in [2.45, 2.75) is 26.8 Å². The zero-order valence-electron chi connectivity index (χ0n) is 16.9. The molecule has 0 radical (unpaired) electrons. The highest BCUT2D eigenvalue weighted by molar-refractivity contribution is 5.59. The molecule has 0 aliphatic rings. The van der Waals surface area contributed by atoms with E-state index in [0.717, 1.165) is 16.9 Å². The molecule has 0 N–H and O–H groups in total. The predicted molar refractivity (Wildman–Crippen MR) is 113 cm³/mol. The van der Waals surface area contributed by atoms with E-state index in [1.807, 2.05) is 62.4 Å². The number of ether oxygens (including phenoxy) is 1. The molecule has 0 aliphatic heterocycles. The summed E-state index contributed by atoms with van der Waals surface area (Å²) in [6, 6.07) is 18.8. The van der Waals surface area contributed by atoms with E-state index in [1.165, 1.54) is 16.3 Å². The summed E-state index contributed by atoms with van der Waals surface area (Å²) in [5, 5.41) is 8.51. The van der Waals surface area contributed by atoms with Crippen LogP contribution in [-0.2, 0) is 13.0 Å². The van der Waals surface area contributed by atoms with Gasteiger partial charge in [-0.15, -0.1) is 0 Å². The Bertz CT molecular complexity index is 1180. The summed E-state index contributed by atoms with van der Waals surface area (Å²) >= 11 is 0. The Morgan fingerprint density at radius 1 is 0.967 bits per heavy atom. The third kappa shape index (κ3) is 4.46. The fraction of sp³-hybridized carbons (Fsp3) is 0.217. The lowest BCUT2D eigenvalue weighted by atomic mass is 10.1. The van der Waals surface area contributed by atoms with Crippen molar-refractivity contribution < 1.29 is 9.26 Å². The van der Waals surface area contributed by atoms with Crippen molar-refractivity contribution in [2.24, 2.45) is 0 Å². The predicted octanol–water partition coefficient (Wildman–Crippen LogP) is 3.91. The van der Waals surface area contributed by atoms with Crippen LogP contribution in [0.25, 0.3) is 22.6 Å². The van der Waals surface area contributed by atoms with Gasteiger partial charge in [0.1, 0.15) is 5.75 Å². The molecular formula is C23H22N4O3. The van der Waals surface area contributed by atoms with Gasteiger partial charge in [-0.3, -0.25) is 4.79 Å². The fourth-order valence-electron chi connectivity index (χ4n) is 3.03. The van der Waals surface area contributed by atoms with Crippen LogP contribution in [0.15, 0.2) is 70.0 Å². The van der Waals surface area contributed by atoms with E-state index in [4.69, 9.17) is 9.26 Å². The molecule has 0 bridgehead atoms. The Morgan fingerprint density at radius 3 is 2.43 bits per heavy atom. The highest BCUT2D eigenvalue weighted by Gasteiger charge is 2.10. The molecule has 2 aromatic carbocycles. The summed E-state index contributed by atoms with van der Waals surface area (Å²) in [6.45, 7) is 4.93. The maximum Gasteiger partial charge on any atom is 0.266 e. The number of nitrogens with zero attached hydrogens (tertiary/aromatic N) is 4. The standard InChI is InChI=1S/C23H22N4O3/c1-3-29-19-10-8-17(9-11-19)20-12-13-22(28)27(25-20)15-14-21-24-23(26-30-21)18-6-4-16(2)5-7-18/h4-13H,3,14-15H2,1-2H3. The van der Waals surface area contributed by atoms with Gasteiger partial charge in [0.15, 0.2) is 0 Å². The van der Waals surface area contributed by atoms with Crippen LogP contribution in [0.2, 0.25) is 0 Å². The Morgan fingerprint density at radius 2 is 1.70 bits per heavy atom. The van der Waals surface area contributed by atoms with Gasteiger partial charge in [0, 0.05) is 23.6 Å². The van der Waals surface area contributed by atoms with E-state index in [9.17, 15) is 4.79 Å². The normalized spacial score (nSPS) is 10.9. The third-order valence-electron chi connectivity index (χ3n) is 4.64. The van der Waals surface area contributed by atoms with E-state index in [0.29, 0.717) is 37.0 Å². The van der Waals surface area contributed by atoms with Gasteiger partial charge in [0.2, 0.25) is 11.7 Å². The average Bonchev–Trinajstić information content (AvgIpc) is 3.24. The van der Waals surface area contributed by atoms with Gasteiger partial charge >= 0.3 is 0 Å². The van der Waals surface area contributed by atoms with Gasteiger partial charge in [0.25, 0.3) is 5.56 Å². The molecule has 0 fully saturated rings. The summed E-state index contributed by atoms with van der Waals surface area (Å²) in [4.78, 5) is 16.7. The van der Waals surface area contributed by atoms with Crippen LogP contribution in [0.3, 0.4) is 0 Å². The van der Waals surface area contributed by atoms with Gasteiger partial charge in [-0.25, -0.2) is 4.68 Å². The number of hydrogen-bond acceptors (Lipinski definition) is 6. The van der Waals surface area contributed by atoms with Crippen molar-refractivity contribution in [1.29, 1.82) is 0 Å². The molecule has 0 amide bonds. The number of hydrogen-bond donors (Lipinski definition) is 0. The molecule has 0 unspecified atom stereocenters. The van der Waals surface area contributed by atoms with Crippen LogP contribution in [0.1, 0.15) is 18.4 Å². The maximum atomic E-state index is 12.2. The lowest BCUT2D eigenvalue weighted by Gasteiger charge is -2.07. The van der Waals surface area contributed by atoms with Gasteiger partial charge in [-0.1, -0.05) is 35.0 Å². The molecule has 2 heterocycles. The quantitative estimate of drug-likeness (QED) is 0.466. The SMILES string of the molecule is CCOc1ccc(-c2ccc(=O)n(CCc3nc(-c4ccc(C)cc4)no3)n2)cc1. The van der Waals surface area contributed by atoms with Crippen molar-refractivity contribution >= 4 is 0 Å². The lowest BCUT2D eigenvalue weighted by Crippen LogP contribution is -2.23. The molecule has 0 saturated heterocycles. The van der Waals surface area contributed by atoms with Crippen molar-refractivity contribution in [3.63, 3.8) is 0 Å². The van der Waals surface area contributed by atoms with Gasteiger partial charge < -0.3 is 9.26 Å². The molecule has 7 heteroatoms. The number of rotatable bonds is 7. The third-order valence-corrected chi connectivity index (χ3v) is 4.64. The number of aromatic nitrogens is 4. The minimum Gasteiger partial charge on any atom is -0.494 e. The molecule has 7 nitrogen and oxygen atoms in total. The summed E-state index contributed by atoms with van der Waals surface area (Å²) < 4.78 is 12.2. The van der Waals surface area contributed by atoms with E-state index in [1.54, 1.807) is 6.07 Å².